The molecule has 1 N–H and O–H groups in total. The van der Waals surface area contributed by atoms with Crippen molar-refractivity contribution in [2.24, 2.45) is 0 Å². The van der Waals surface area contributed by atoms with E-state index >= 15 is 0 Å². The summed E-state index contributed by atoms with van der Waals surface area (Å²) in [6.07, 6.45) is 0. The number of benzene rings is 1. The summed E-state index contributed by atoms with van der Waals surface area (Å²) in [5.41, 5.74) is 0.860. The van der Waals surface area contributed by atoms with E-state index in [0.717, 1.165) is 12.5 Å². The van der Waals surface area contributed by atoms with E-state index in [2.05, 4.69) is 5.32 Å². The quantitative estimate of drug-likeness (QED) is 0.688. The van der Waals surface area contributed by atoms with Crippen LogP contribution in [0.4, 0.5) is 8.78 Å². The van der Waals surface area contributed by atoms with Crippen LogP contribution in [0, 0.1) is 0 Å². The SMILES string of the molecule is CC(F)(F)NCc1ccccc1. The average molecular weight is 171 g/mol. The normalized spacial score (nSPS) is 11.6. The number of rotatable bonds is 3. The van der Waals surface area contributed by atoms with E-state index < -0.39 is 6.05 Å². The molecule has 0 aliphatic rings. The molecule has 0 radical (unpaired) electrons. The summed E-state index contributed by atoms with van der Waals surface area (Å²) >= 11 is 0. The Labute approximate surface area is 70.4 Å². The van der Waals surface area contributed by atoms with E-state index in [9.17, 15) is 8.78 Å². The Balaban J connectivity index is 2.44. The molecule has 0 spiro atoms. The molecule has 1 rings (SSSR count). The highest BCUT2D eigenvalue weighted by Gasteiger charge is 2.18. The summed E-state index contributed by atoms with van der Waals surface area (Å²) in [6.45, 7) is 1.04. The lowest BCUT2D eigenvalue weighted by Gasteiger charge is -2.11. The van der Waals surface area contributed by atoms with Crippen LogP contribution >= 0.6 is 0 Å². The maximum absolute atomic E-state index is 12.3. The van der Waals surface area contributed by atoms with E-state index in [1.54, 1.807) is 12.1 Å². The molecule has 0 atom stereocenters. The average Bonchev–Trinajstić information content (AvgIpc) is 2.02. The van der Waals surface area contributed by atoms with Crippen LogP contribution in [0.2, 0.25) is 0 Å². The van der Waals surface area contributed by atoms with Gasteiger partial charge in [-0.15, -0.1) is 0 Å². The number of nitrogens with one attached hydrogen (secondary N) is 1. The number of alkyl halides is 2. The second kappa shape index (κ2) is 3.63. The number of hydrogen-bond donors (Lipinski definition) is 1. The Morgan fingerprint density at radius 1 is 1.25 bits per heavy atom. The largest absolute Gasteiger partial charge is 0.299 e. The first-order chi connectivity index (χ1) is 5.58. The molecule has 0 bridgehead atoms. The number of hydrogen-bond acceptors (Lipinski definition) is 1. The van der Waals surface area contributed by atoms with Gasteiger partial charge in [-0.25, -0.2) is 0 Å². The van der Waals surface area contributed by atoms with Crippen molar-refractivity contribution in [3.05, 3.63) is 35.9 Å². The molecule has 0 amide bonds. The van der Waals surface area contributed by atoms with Crippen LogP contribution < -0.4 is 5.32 Å². The van der Waals surface area contributed by atoms with Crippen LogP contribution in [-0.2, 0) is 6.54 Å². The third-order valence-corrected chi connectivity index (χ3v) is 1.45. The Bertz CT molecular complexity index is 228. The van der Waals surface area contributed by atoms with Crippen molar-refractivity contribution >= 4 is 0 Å². The monoisotopic (exact) mass is 171 g/mol. The van der Waals surface area contributed by atoms with E-state index in [0.29, 0.717) is 0 Å². The van der Waals surface area contributed by atoms with Crippen molar-refractivity contribution in [1.82, 2.24) is 5.32 Å². The molecule has 0 saturated carbocycles. The molecular weight excluding hydrogens is 160 g/mol. The summed E-state index contributed by atoms with van der Waals surface area (Å²) in [5, 5.41) is 2.10. The van der Waals surface area contributed by atoms with E-state index in [4.69, 9.17) is 0 Å². The topological polar surface area (TPSA) is 12.0 Å². The summed E-state index contributed by atoms with van der Waals surface area (Å²) < 4.78 is 24.6. The fourth-order valence-electron chi connectivity index (χ4n) is 0.853. The van der Waals surface area contributed by atoms with Crippen LogP contribution in [0.15, 0.2) is 30.3 Å². The van der Waals surface area contributed by atoms with Gasteiger partial charge in [0, 0.05) is 13.5 Å². The zero-order valence-electron chi connectivity index (χ0n) is 6.85. The van der Waals surface area contributed by atoms with Crippen molar-refractivity contribution in [3.8, 4) is 0 Å². The van der Waals surface area contributed by atoms with Crippen molar-refractivity contribution in [2.75, 3.05) is 0 Å². The molecule has 1 nitrogen and oxygen atoms in total. The van der Waals surface area contributed by atoms with Crippen LogP contribution in [0.25, 0.3) is 0 Å². The Kier molecular flexibility index (Phi) is 2.76. The molecule has 0 fully saturated rings. The zero-order chi connectivity index (χ0) is 9.03. The predicted octanol–water partition coefficient (Wildman–Crippen LogP) is 2.39. The van der Waals surface area contributed by atoms with Gasteiger partial charge < -0.3 is 0 Å². The summed E-state index contributed by atoms with van der Waals surface area (Å²) in [5.74, 6) is 0. The first kappa shape index (κ1) is 9.13. The summed E-state index contributed by atoms with van der Waals surface area (Å²) in [6, 6.07) is 6.32. The molecule has 1 aromatic carbocycles. The number of halogens is 2. The summed E-state index contributed by atoms with van der Waals surface area (Å²) in [7, 11) is 0. The van der Waals surface area contributed by atoms with Gasteiger partial charge in [-0.05, 0) is 5.56 Å². The molecule has 0 aliphatic carbocycles. The van der Waals surface area contributed by atoms with Crippen molar-refractivity contribution in [3.63, 3.8) is 0 Å². The smallest absolute Gasteiger partial charge is 0.254 e. The molecule has 66 valence electrons. The van der Waals surface area contributed by atoms with Crippen molar-refractivity contribution in [1.29, 1.82) is 0 Å². The second-order valence-corrected chi connectivity index (χ2v) is 2.73. The van der Waals surface area contributed by atoms with Gasteiger partial charge in [0.25, 0.3) is 6.05 Å². The first-order valence-electron chi connectivity index (χ1n) is 3.75. The van der Waals surface area contributed by atoms with Gasteiger partial charge in [-0.3, -0.25) is 5.32 Å². The Hall–Kier alpha value is -0.960. The lowest BCUT2D eigenvalue weighted by Crippen LogP contribution is -2.32. The maximum atomic E-state index is 12.3. The van der Waals surface area contributed by atoms with Gasteiger partial charge in [-0.2, -0.15) is 8.78 Å². The standard InChI is InChI=1S/C9H11F2N/c1-9(10,11)12-7-8-5-3-2-4-6-8/h2-6,12H,7H2,1H3. The van der Waals surface area contributed by atoms with Gasteiger partial charge in [0.2, 0.25) is 0 Å². The third-order valence-electron chi connectivity index (χ3n) is 1.45. The minimum absolute atomic E-state index is 0.199. The zero-order valence-corrected chi connectivity index (χ0v) is 6.85. The minimum atomic E-state index is -2.80. The van der Waals surface area contributed by atoms with Gasteiger partial charge in [-0.1, -0.05) is 30.3 Å². The van der Waals surface area contributed by atoms with Gasteiger partial charge in [0.05, 0.1) is 0 Å². The highest BCUT2D eigenvalue weighted by molar-refractivity contribution is 5.14. The molecule has 12 heavy (non-hydrogen) atoms. The van der Waals surface area contributed by atoms with Crippen molar-refractivity contribution < 1.29 is 8.78 Å². The predicted molar refractivity (Wildman–Crippen MR) is 43.9 cm³/mol. The second-order valence-electron chi connectivity index (χ2n) is 2.73. The Morgan fingerprint density at radius 3 is 2.33 bits per heavy atom. The highest BCUT2D eigenvalue weighted by Crippen LogP contribution is 2.08. The first-order valence-corrected chi connectivity index (χ1v) is 3.75. The molecule has 0 heterocycles. The summed E-state index contributed by atoms with van der Waals surface area (Å²) in [4.78, 5) is 0. The van der Waals surface area contributed by atoms with E-state index in [-0.39, 0.29) is 6.54 Å². The Morgan fingerprint density at radius 2 is 1.83 bits per heavy atom. The molecule has 0 saturated heterocycles. The minimum Gasteiger partial charge on any atom is -0.254 e. The molecular formula is C9H11F2N. The highest BCUT2D eigenvalue weighted by atomic mass is 19.3. The third kappa shape index (κ3) is 3.44. The van der Waals surface area contributed by atoms with Gasteiger partial charge in [0.15, 0.2) is 0 Å². The van der Waals surface area contributed by atoms with Gasteiger partial charge in [0.1, 0.15) is 0 Å². The lowest BCUT2D eigenvalue weighted by atomic mass is 10.2. The van der Waals surface area contributed by atoms with Crippen LogP contribution in [-0.4, -0.2) is 6.05 Å². The van der Waals surface area contributed by atoms with Crippen LogP contribution in [0.5, 0.6) is 0 Å². The fourth-order valence-corrected chi connectivity index (χ4v) is 0.853. The van der Waals surface area contributed by atoms with Crippen molar-refractivity contribution in [2.45, 2.75) is 19.5 Å². The maximum Gasteiger partial charge on any atom is 0.299 e. The molecule has 0 aromatic heterocycles. The van der Waals surface area contributed by atoms with E-state index in [1.165, 1.54) is 0 Å². The van der Waals surface area contributed by atoms with Crippen LogP contribution in [0.3, 0.4) is 0 Å². The molecule has 1 aromatic rings. The van der Waals surface area contributed by atoms with Crippen LogP contribution in [0.1, 0.15) is 12.5 Å². The van der Waals surface area contributed by atoms with E-state index in [1.807, 2.05) is 18.2 Å². The van der Waals surface area contributed by atoms with Gasteiger partial charge >= 0.3 is 0 Å². The molecule has 0 unspecified atom stereocenters. The molecule has 3 heteroatoms. The molecule has 0 aliphatic heterocycles. The fraction of sp³-hybridized carbons (Fsp3) is 0.333. The lowest BCUT2D eigenvalue weighted by molar-refractivity contribution is -0.0167.